The number of thiophene rings is 1. The molecular formula is C11H17NOS. The fourth-order valence-electron chi connectivity index (χ4n) is 2.07. The number of aryl methyl sites for hydroxylation is 1. The predicted molar refractivity (Wildman–Crippen MR) is 59.8 cm³/mol. The highest BCUT2D eigenvalue weighted by molar-refractivity contribution is 7.10. The van der Waals surface area contributed by atoms with Gasteiger partial charge in [0, 0.05) is 4.88 Å². The van der Waals surface area contributed by atoms with Crippen LogP contribution in [-0.2, 0) is 10.2 Å². The van der Waals surface area contributed by atoms with E-state index in [-0.39, 0.29) is 5.41 Å². The number of rotatable bonds is 3. The largest absolute Gasteiger partial charge is 0.379 e. The lowest BCUT2D eigenvalue weighted by molar-refractivity contribution is -0.0837. The lowest BCUT2D eigenvalue weighted by atomic mass is 9.72. The van der Waals surface area contributed by atoms with E-state index in [2.05, 4.69) is 25.3 Å². The maximum Gasteiger partial charge on any atom is 0.0596 e. The Kier molecular flexibility index (Phi) is 2.64. The van der Waals surface area contributed by atoms with Crippen LogP contribution in [0, 0.1) is 12.8 Å². The van der Waals surface area contributed by atoms with E-state index in [9.17, 15) is 0 Å². The molecule has 1 aliphatic rings. The molecule has 0 bridgehead atoms. The third-order valence-electron chi connectivity index (χ3n) is 3.33. The van der Waals surface area contributed by atoms with Crippen LogP contribution in [0.15, 0.2) is 11.4 Å². The number of ether oxygens (including phenoxy) is 1. The van der Waals surface area contributed by atoms with E-state index in [1.54, 1.807) is 0 Å². The Balaban J connectivity index is 2.33. The Labute approximate surface area is 89.1 Å². The highest BCUT2D eigenvalue weighted by Crippen LogP contribution is 2.43. The Morgan fingerprint density at radius 3 is 2.71 bits per heavy atom. The maximum absolute atomic E-state index is 5.77. The van der Waals surface area contributed by atoms with E-state index in [0.29, 0.717) is 5.92 Å². The zero-order valence-corrected chi connectivity index (χ0v) is 9.56. The minimum atomic E-state index is 0.215. The summed E-state index contributed by atoms with van der Waals surface area (Å²) in [6.45, 7) is 6.82. The summed E-state index contributed by atoms with van der Waals surface area (Å²) in [7, 11) is 0. The Morgan fingerprint density at radius 2 is 2.36 bits per heavy atom. The van der Waals surface area contributed by atoms with Gasteiger partial charge in [0.2, 0.25) is 0 Å². The number of hydrogen-bond donors (Lipinski definition) is 1. The van der Waals surface area contributed by atoms with Crippen LogP contribution in [0.5, 0.6) is 0 Å². The molecule has 1 unspecified atom stereocenters. The normalized spacial score (nSPS) is 21.6. The van der Waals surface area contributed by atoms with Crippen molar-refractivity contribution in [2.45, 2.75) is 19.3 Å². The van der Waals surface area contributed by atoms with Gasteiger partial charge in [-0.2, -0.15) is 0 Å². The molecule has 0 radical (unpaired) electrons. The highest BCUT2D eigenvalue weighted by atomic mass is 32.1. The molecule has 0 aromatic carbocycles. The molecule has 1 saturated heterocycles. The molecule has 1 aromatic rings. The molecule has 2 rings (SSSR count). The zero-order valence-electron chi connectivity index (χ0n) is 8.75. The molecule has 1 aliphatic heterocycles. The van der Waals surface area contributed by atoms with E-state index in [1.807, 2.05) is 11.3 Å². The quantitative estimate of drug-likeness (QED) is 0.829. The molecule has 14 heavy (non-hydrogen) atoms. The number of nitrogens with two attached hydrogens (primary N) is 1. The van der Waals surface area contributed by atoms with Crippen molar-refractivity contribution in [3.05, 3.63) is 21.9 Å². The molecule has 0 spiro atoms. The van der Waals surface area contributed by atoms with Crippen LogP contribution in [0.3, 0.4) is 0 Å². The van der Waals surface area contributed by atoms with Crippen LogP contribution >= 0.6 is 11.3 Å². The monoisotopic (exact) mass is 211 g/mol. The van der Waals surface area contributed by atoms with Crippen molar-refractivity contribution in [1.82, 2.24) is 0 Å². The standard InChI is InChI=1S/C11H17NOS/c1-8-3-4-14-10(8)11(6-13-7-11)9(2)5-12/h3-4,9H,5-7,12H2,1-2H3. The van der Waals surface area contributed by atoms with Gasteiger partial charge in [-0.05, 0) is 36.4 Å². The van der Waals surface area contributed by atoms with Gasteiger partial charge in [-0.3, -0.25) is 0 Å². The first-order valence-corrected chi connectivity index (χ1v) is 5.91. The molecule has 2 N–H and O–H groups in total. The molecule has 3 heteroatoms. The second-order valence-electron chi connectivity index (χ2n) is 4.22. The van der Waals surface area contributed by atoms with Gasteiger partial charge >= 0.3 is 0 Å². The van der Waals surface area contributed by atoms with Crippen LogP contribution in [0.1, 0.15) is 17.4 Å². The summed E-state index contributed by atoms with van der Waals surface area (Å²) in [5.41, 5.74) is 7.38. The van der Waals surface area contributed by atoms with Gasteiger partial charge in [-0.25, -0.2) is 0 Å². The van der Waals surface area contributed by atoms with Crippen LogP contribution < -0.4 is 5.73 Å². The Bertz CT molecular complexity index is 317. The molecule has 78 valence electrons. The number of hydrogen-bond acceptors (Lipinski definition) is 3. The summed E-state index contributed by atoms with van der Waals surface area (Å²) in [5.74, 6) is 0.508. The van der Waals surface area contributed by atoms with Crippen molar-refractivity contribution in [1.29, 1.82) is 0 Å². The van der Waals surface area contributed by atoms with E-state index in [4.69, 9.17) is 10.5 Å². The third-order valence-corrected chi connectivity index (χ3v) is 4.57. The second kappa shape index (κ2) is 3.65. The summed E-state index contributed by atoms with van der Waals surface area (Å²) in [5, 5.41) is 2.16. The van der Waals surface area contributed by atoms with Crippen LogP contribution in [0.4, 0.5) is 0 Å². The van der Waals surface area contributed by atoms with Gasteiger partial charge in [0.15, 0.2) is 0 Å². The first kappa shape index (κ1) is 10.1. The highest BCUT2D eigenvalue weighted by Gasteiger charge is 2.46. The van der Waals surface area contributed by atoms with Crippen LogP contribution in [0.25, 0.3) is 0 Å². The summed E-state index contributed by atoms with van der Waals surface area (Å²) < 4.78 is 5.39. The molecule has 0 amide bonds. The van der Waals surface area contributed by atoms with Crippen molar-refractivity contribution < 1.29 is 4.74 Å². The minimum Gasteiger partial charge on any atom is -0.379 e. The molecule has 1 atom stereocenters. The maximum atomic E-state index is 5.77. The first-order chi connectivity index (χ1) is 6.70. The van der Waals surface area contributed by atoms with Crippen LogP contribution in [0.2, 0.25) is 0 Å². The first-order valence-electron chi connectivity index (χ1n) is 5.03. The van der Waals surface area contributed by atoms with E-state index in [1.165, 1.54) is 10.4 Å². The van der Waals surface area contributed by atoms with Crippen molar-refractivity contribution in [2.24, 2.45) is 11.7 Å². The molecular weight excluding hydrogens is 194 g/mol. The lowest BCUT2D eigenvalue weighted by Crippen LogP contribution is -2.53. The van der Waals surface area contributed by atoms with E-state index >= 15 is 0 Å². The average molecular weight is 211 g/mol. The molecule has 1 fully saturated rings. The lowest BCUT2D eigenvalue weighted by Gasteiger charge is -2.45. The topological polar surface area (TPSA) is 35.2 Å². The fourth-order valence-corrected chi connectivity index (χ4v) is 3.29. The molecule has 2 heterocycles. The van der Waals surface area contributed by atoms with Gasteiger partial charge in [-0.1, -0.05) is 6.92 Å². The molecule has 2 nitrogen and oxygen atoms in total. The molecule has 0 saturated carbocycles. The van der Waals surface area contributed by atoms with Crippen LogP contribution in [-0.4, -0.2) is 19.8 Å². The van der Waals surface area contributed by atoms with Gasteiger partial charge in [0.25, 0.3) is 0 Å². The fraction of sp³-hybridized carbons (Fsp3) is 0.636. The average Bonchev–Trinajstić information content (AvgIpc) is 2.51. The predicted octanol–water partition coefficient (Wildman–Crippen LogP) is 1.92. The molecule has 1 aromatic heterocycles. The second-order valence-corrected chi connectivity index (χ2v) is 5.13. The SMILES string of the molecule is Cc1ccsc1C1(C(C)CN)COC1. The van der Waals surface area contributed by atoms with Gasteiger partial charge in [0.05, 0.1) is 18.6 Å². The van der Waals surface area contributed by atoms with Crippen molar-refractivity contribution >= 4 is 11.3 Å². The molecule has 0 aliphatic carbocycles. The van der Waals surface area contributed by atoms with Crippen molar-refractivity contribution in [3.63, 3.8) is 0 Å². The van der Waals surface area contributed by atoms with E-state index in [0.717, 1.165) is 19.8 Å². The summed E-state index contributed by atoms with van der Waals surface area (Å²) in [6, 6.07) is 2.18. The van der Waals surface area contributed by atoms with Gasteiger partial charge in [-0.15, -0.1) is 11.3 Å². The summed E-state index contributed by atoms with van der Waals surface area (Å²) >= 11 is 1.84. The van der Waals surface area contributed by atoms with Crippen molar-refractivity contribution in [2.75, 3.05) is 19.8 Å². The summed E-state index contributed by atoms with van der Waals surface area (Å²) in [4.78, 5) is 1.47. The Morgan fingerprint density at radius 1 is 1.64 bits per heavy atom. The zero-order chi connectivity index (χ0) is 10.2. The van der Waals surface area contributed by atoms with Gasteiger partial charge < -0.3 is 10.5 Å². The van der Waals surface area contributed by atoms with Gasteiger partial charge in [0.1, 0.15) is 0 Å². The minimum absolute atomic E-state index is 0.215. The van der Waals surface area contributed by atoms with Crippen molar-refractivity contribution in [3.8, 4) is 0 Å². The smallest absolute Gasteiger partial charge is 0.0596 e. The van der Waals surface area contributed by atoms with E-state index < -0.39 is 0 Å². The third kappa shape index (κ3) is 1.31. The summed E-state index contributed by atoms with van der Waals surface area (Å²) in [6.07, 6.45) is 0. The Hall–Kier alpha value is -0.380.